The second-order valence-corrected chi connectivity index (χ2v) is 8.61. The van der Waals surface area contributed by atoms with Crippen LogP contribution < -0.4 is 14.8 Å². The summed E-state index contributed by atoms with van der Waals surface area (Å²) >= 11 is 0. The van der Waals surface area contributed by atoms with Gasteiger partial charge in [0.15, 0.2) is 17.2 Å². The minimum absolute atomic E-state index is 0.224. The summed E-state index contributed by atoms with van der Waals surface area (Å²) in [6, 6.07) is 5.64. The van der Waals surface area contributed by atoms with Crippen LogP contribution in [0.15, 0.2) is 30.6 Å². The summed E-state index contributed by atoms with van der Waals surface area (Å²) in [5.74, 6) is 0.855. The lowest BCUT2D eigenvalue weighted by Crippen LogP contribution is -2.21. The lowest BCUT2D eigenvalue weighted by Gasteiger charge is -2.12. The molecule has 11 heteroatoms. The first-order valence-electron chi connectivity index (χ1n) is 12.1. The number of halogens is 3. The van der Waals surface area contributed by atoms with E-state index >= 15 is 0 Å². The molecule has 194 valence electrons. The Morgan fingerprint density at radius 2 is 1.83 bits per heavy atom. The van der Waals surface area contributed by atoms with E-state index in [1.165, 1.54) is 10.9 Å². The number of ether oxygens (including phenoxy) is 2. The molecule has 1 aliphatic carbocycles. The maximum Gasteiger partial charge on any atom is 0.435 e. The molecule has 36 heavy (non-hydrogen) atoms. The molecule has 0 atom stereocenters. The lowest BCUT2D eigenvalue weighted by atomic mass is 10.1. The Bertz CT molecular complexity index is 1200. The molecule has 2 heterocycles. The van der Waals surface area contributed by atoms with Crippen LogP contribution in [0.2, 0.25) is 0 Å². The van der Waals surface area contributed by atoms with E-state index in [2.05, 4.69) is 15.5 Å². The molecule has 2 aromatic heterocycles. The molecule has 0 bridgehead atoms. The Morgan fingerprint density at radius 1 is 1.08 bits per heavy atom. The fourth-order valence-electron chi connectivity index (χ4n) is 4.44. The number of nitrogens with zero attached hydrogens (tertiary/aromatic N) is 4. The number of carbonyl (C=O) groups excluding carboxylic acids is 1. The third-order valence-electron chi connectivity index (χ3n) is 5.94. The Balaban J connectivity index is 1.43. The maximum atomic E-state index is 13.5. The molecule has 0 saturated heterocycles. The van der Waals surface area contributed by atoms with Crippen molar-refractivity contribution >= 4 is 11.6 Å². The molecular formula is C25H30F3N5O3. The van der Waals surface area contributed by atoms with Crippen LogP contribution in [0, 0.1) is 0 Å². The molecule has 1 aromatic carbocycles. The smallest absolute Gasteiger partial charge is 0.435 e. The van der Waals surface area contributed by atoms with E-state index in [9.17, 15) is 18.0 Å². The summed E-state index contributed by atoms with van der Waals surface area (Å²) in [5, 5.41) is 10.8. The third kappa shape index (κ3) is 6.00. The van der Waals surface area contributed by atoms with Gasteiger partial charge in [0, 0.05) is 17.5 Å². The highest BCUT2D eigenvalue weighted by molar-refractivity contribution is 5.90. The summed E-state index contributed by atoms with van der Waals surface area (Å²) in [4.78, 5) is 12.7. The van der Waals surface area contributed by atoms with Crippen molar-refractivity contribution in [2.45, 2.75) is 65.2 Å². The van der Waals surface area contributed by atoms with Crippen molar-refractivity contribution in [2.75, 3.05) is 18.5 Å². The molecule has 1 aliphatic rings. The van der Waals surface area contributed by atoms with Crippen LogP contribution in [0.3, 0.4) is 0 Å². The van der Waals surface area contributed by atoms with Gasteiger partial charge in [-0.1, -0.05) is 12.5 Å². The van der Waals surface area contributed by atoms with Crippen molar-refractivity contribution in [1.29, 1.82) is 0 Å². The van der Waals surface area contributed by atoms with Crippen molar-refractivity contribution in [1.82, 2.24) is 19.6 Å². The van der Waals surface area contributed by atoms with Gasteiger partial charge in [-0.15, -0.1) is 0 Å². The summed E-state index contributed by atoms with van der Waals surface area (Å²) in [6.45, 7) is 4.98. The molecule has 4 rings (SSSR count). The third-order valence-corrected chi connectivity index (χ3v) is 5.94. The number of hydrogen-bond donors (Lipinski definition) is 1. The lowest BCUT2D eigenvalue weighted by molar-refractivity contribution is -0.142. The summed E-state index contributed by atoms with van der Waals surface area (Å²) < 4.78 is 54.7. The van der Waals surface area contributed by atoms with E-state index in [1.54, 1.807) is 10.9 Å². The fourth-order valence-corrected chi connectivity index (χ4v) is 4.44. The number of nitrogens with one attached hydrogen (secondary N) is 1. The zero-order valence-corrected chi connectivity index (χ0v) is 20.4. The highest BCUT2D eigenvalue weighted by Gasteiger charge is 2.39. The summed E-state index contributed by atoms with van der Waals surface area (Å²) in [5.41, 5.74) is 1.24. The van der Waals surface area contributed by atoms with Crippen LogP contribution in [0.25, 0.3) is 0 Å². The standard InChI is InChI=1S/C25H30F3N5O3/c1-3-35-21-11-10-17(12-22(21)36-4-2)14-32-15-18(13-29-32)30-23(34)16-33-20-9-7-5-6-8-19(20)24(31-33)25(26,27)28/h10-13,15H,3-9,14,16H2,1-2H3,(H,30,34). The number of alkyl halides is 3. The average Bonchev–Trinajstić information content (AvgIpc) is 3.30. The van der Waals surface area contributed by atoms with E-state index < -0.39 is 17.8 Å². The largest absolute Gasteiger partial charge is 0.490 e. The quantitative estimate of drug-likeness (QED) is 0.421. The van der Waals surface area contributed by atoms with Crippen molar-refractivity contribution in [3.05, 3.63) is 53.1 Å². The highest BCUT2D eigenvalue weighted by Crippen LogP contribution is 2.35. The number of carbonyl (C=O) groups is 1. The van der Waals surface area contributed by atoms with Crippen molar-refractivity contribution < 1.29 is 27.4 Å². The van der Waals surface area contributed by atoms with Crippen LogP contribution in [-0.2, 0) is 36.9 Å². The molecular weight excluding hydrogens is 475 g/mol. The van der Waals surface area contributed by atoms with Gasteiger partial charge in [0.25, 0.3) is 0 Å². The molecule has 0 aliphatic heterocycles. The normalized spacial score (nSPS) is 13.7. The van der Waals surface area contributed by atoms with Gasteiger partial charge in [-0.3, -0.25) is 14.2 Å². The van der Waals surface area contributed by atoms with E-state index in [0.29, 0.717) is 61.9 Å². The van der Waals surface area contributed by atoms with E-state index in [4.69, 9.17) is 9.47 Å². The number of benzene rings is 1. The summed E-state index contributed by atoms with van der Waals surface area (Å²) in [7, 11) is 0. The monoisotopic (exact) mass is 505 g/mol. The molecule has 1 amide bonds. The first-order chi connectivity index (χ1) is 17.3. The number of aromatic nitrogens is 4. The molecule has 0 saturated carbocycles. The number of anilines is 1. The van der Waals surface area contributed by atoms with Crippen LogP contribution in [0.5, 0.6) is 11.5 Å². The molecule has 1 N–H and O–H groups in total. The van der Waals surface area contributed by atoms with E-state index in [1.807, 2.05) is 32.0 Å². The number of fused-ring (bicyclic) bond motifs is 1. The Hall–Kier alpha value is -3.50. The van der Waals surface area contributed by atoms with Gasteiger partial charge in [-0.2, -0.15) is 23.4 Å². The minimum atomic E-state index is -4.54. The number of hydrogen-bond acceptors (Lipinski definition) is 5. The Kier molecular flexibility index (Phi) is 7.85. The first kappa shape index (κ1) is 25.6. The predicted molar refractivity (Wildman–Crippen MR) is 127 cm³/mol. The van der Waals surface area contributed by atoms with Gasteiger partial charge >= 0.3 is 6.18 Å². The van der Waals surface area contributed by atoms with Gasteiger partial charge in [0.05, 0.1) is 31.6 Å². The molecule has 0 spiro atoms. The molecule has 0 radical (unpaired) electrons. The zero-order valence-electron chi connectivity index (χ0n) is 20.4. The van der Waals surface area contributed by atoms with Gasteiger partial charge in [-0.05, 0) is 57.2 Å². The SMILES string of the molecule is CCOc1ccc(Cn2cc(NC(=O)Cn3nc(C(F)(F)F)c4c3CCCCC4)cn2)cc1OCC. The predicted octanol–water partition coefficient (Wildman–Crippen LogP) is 4.85. The first-order valence-corrected chi connectivity index (χ1v) is 12.1. The second-order valence-electron chi connectivity index (χ2n) is 8.61. The summed E-state index contributed by atoms with van der Waals surface area (Å²) in [6.07, 6.45) is 1.76. The van der Waals surface area contributed by atoms with Gasteiger partial charge < -0.3 is 14.8 Å². The van der Waals surface area contributed by atoms with Gasteiger partial charge in [-0.25, -0.2) is 0 Å². The van der Waals surface area contributed by atoms with E-state index in [0.717, 1.165) is 18.4 Å². The van der Waals surface area contributed by atoms with Gasteiger partial charge in [0.2, 0.25) is 5.91 Å². The zero-order chi connectivity index (χ0) is 25.7. The molecule has 3 aromatic rings. The molecule has 0 fully saturated rings. The molecule has 0 unspecified atom stereocenters. The van der Waals surface area contributed by atoms with Crippen LogP contribution in [-0.4, -0.2) is 38.7 Å². The number of amides is 1. The van der Waals surface area contributed by atoms with Crippen LogP contribution >= 0.6 is 0 Å². The average molecular weight is 506 g/mol. The molecule has 8 nitrogen and oxygen atoms in total. The Labute approximate surface area is 207 Å². The second kappa shape index (κ2) is 11.0. The van der Waals surface area contributed by atoms with E-state index in [-0.39, 0.29) is 12.1 Å². The fraction of sp³-hybridized carbons (Fsp3) is 0.480. The minimum Gasteiger partial charge on any atom is -0.490 e. The maximum absolute atomic E-state index is 13.5. The van der Waals surface area contributed by atoms with Crippen molar-refractivity contribution in [3.63, 3.8) is 0 Å². The number of rotatable bonds is 9. The van der Waals surface area contributed by atoms with Crippen LogP contribution in [0.1, 0.15) is 55.6 Å². The van der Waals surface area contributed by atoms with Gasteiger partial charge in [0.1, 0.15) is 6.54 Å². The topological polar surface area (TPSA) is 83.2 Å². The van der Waals surface area contributed by atoms with Crippen molar-refractivity contribution in [2.24, 2.45) is 0 Å². The van der Waals surface area contributed by atoms with Crippen LogP contribution in [0.4, 0.5) is 18.9 Å². The van der Waals surface area contributed by atoms with Crippen molar-refractivity contribution in [3.8, 4) is 11.5 Å². The Morgan fingerprint density at radius 3 is 2.58 bits per heavy atom. The highest BCUT2D eigenvalue weighted by atomic mass is 19.4.